The van der Waals surface area contributed by atoms with Crippen LogP contribution in [0.5, 0.6) is 17.2 Å². The standard InChI is InChI=1S/C24H26O3.Na.H/c1-3-4-17-27-23-15-9-20(10-16-23)24(2,18-5-11-21(25)12-6-18)19-7-13-22(26)14-8-19;;/h5-16,25-26H,3-4,17H2,1-2H3;;. The molecule has 3 nitrogen and oxygen atoms in total. The zero-order chi connectivity index (χ0) is 19.3. The average molecular weight is 386 g/mol. The molecule has 2 N–H and O–H groups in total. The second-order valence-electron chi connectivity index (χ2n) is 6.95. The number of phenols is 2. The van der Waals surface area contributed by atoms with E-state index in [0.29, 0.717) is 0 Å². The fourth-order valence-electron chi connectivity index (χ4n) is 3.31. The minimum atomic E-state index is -0.427. The Morgan fingerprint density at radius 1 is 0.714 bits per heavy atom. The molecule has 0 spiro atoms. The first kappa shape index (κ1) is 22.4. The molecule has 142 valence electrons. The first-order valence-corrected chi connectivity index (χ1v) is 9.36. The van der Waals surface area contributed by atoms with Gasteiger partial charge in [-0.3, -0.25) is 0 Å². The van der Waals surface area contributed by atoms with Gasteiger partial charge in [-0.2, -0.15) is 0 Å². The predicted molar refractivity (Wildman–Crippen MR) is 116 cm³/mol. The second-order valence-corrected chi connectivity index (χ2v) is 6.95. The zero-order valence-corrected chi connectivity index (χ0v) is 15.9. The third kappa shape index (κ3) is 4.91. The molecule has 0 aliphatic rings. The van der Waals surface area contributed by atoms with Crippen molar-refractivity contribution in [3.63, 3.8) is 0 Å². The third-order valence-corrected chi connectivity index (χ3v) is 5.09. The monoisotopic (exact) mass is 386 g/mol. The molecule has 3 aromatic carbocycles. The van der Waals surface area contributed by atoms with E-state index in [4.69, 9.17) is 4.74 Å². The summed E-state index contributed by atoms with van der Waals surface area (Å²) in [5.41, 5.74) is 2.81. The fraction of sp³-hybridized carbons (Fsp3) is 0.250. The molecule has 0 aromatic heterocycles. The molecule has 0 bridgehead atoms. The number of benzene rings is 3. The number of aromatic hydroxyl groups is 2. The van der Waals surface area contributed by atoms with Crippen LogP contribution in [0.2, 0.25) is 0 Å². The van der Waals surface area contributed by atoms with Crippen molar-refractivity contribution in [2.45, 2.75) is 32.1 Å². The Labute approximate surface area is 189 Å². The third-order valence-electron chi connectivity index (χ3n) is 5.09. The Balaban J connectivity index is 0.00000280. The average Bonchev–Trinajstić information content (AvgIpc) is 2.69. The van der Waals surface area contributed by atoms with Crippen molar-refractivity contribution < 1.29 is 14.9 Å². The molecule has 3 aromatic rings. The number of hydrogen-bond acceptors (Lipinski definition) is 3. The van der Waals surface area contributed by atoms with Crippen LogP contribution in [0.15, 0.2) is 72.8 Å². The first-order chi connectivity index (χ1) is 13.0. The molecular weight excluding hydrogens is 359 g/mol. The number of phenolic OH excluding ortho intramolecular Hbond substituents is 2. The van der Waals surface area contributed by atoms with E-state index in [1.807, 2.05) is 36.4 Å². The SMILES string of the molecule is CCCCOc1ccc(C(C)(c2ccc(O)cc2)c2ccc(O)cc2)cc1.[NaH]. The predicted octanol–water partition coefficient (Wildman–Crippen LogP) is 4.98. The van der Waals surface area contributed by atoms with Gasteiger partial charge in [-0.25, -0.2) is 0 Å². The Morgan fingerprint density at radius 2 is 1.11 bits per heavy atom. The summed E-state index contributed by atoms with van der Waals surface area (Å²) in [6.07, 6.45) is 2.15. The van der Waals surface area contributed by atoms with Crippen LogP contribution in [0.3, 0.4) is 0 Å². The number of ether oxygens (including phenoxy) is 1. The molecular formula is C24H27NaO3. The molecule has 0 fully saturated rings. The normalized spacial score (nSPS) is 10.9. The number of hydrogen-bond donors (Lipinski definition) is 2. The summed E-state index contributed by atoms with van der Waals surface area (Å²) < 4.78 is 5.79. The van der Waals surface area contributed by atoms with E-state index in [2.05, 4.69) is 26.0 Å². The summed E-state index contributed by atoms with van der Waals surface area (Å²) in [7, 11) is 0. The van der Waals surface area contributed by atoms with Gasteiger partial charge in [0, 0.05) is 5.41 Å². The molecule has 0 aliphatic heterocycles. The van der Waals surface area contributed by atoms with E-state index >= 15 is 0 Å². The van der Waals surface area contributed by atoms with Crippen LogP contribution in [-0.2, 0) is 5.41 Å². The van der Waals surface area contributed by atoms with E-state index in [-0.39, 0.29) is 41.1 Å². The Morgan fingerprint density at radius 3 is 1.50 bits per heavy atom. The number of unbranched alkanes of at least 4 members (excludes halogenated alkanes) is 1. The van der Waals surface area contributed by atoms with Gasteiger partial charge in [-0.1, -0.05) is 49.7 Å². The molecule has 0 atom stereocenters. The quantitative estimate of drug-likeness (QED) is 0.342. The van der Waals surface area contributed by atoms with Gasteiger partial charge in [-0.05, 0) is 66.4 Å². The molecule has 4 heteroatoms. The van der Waals surface area contributed by atoms with E-state index < -0.39 is 5.41 Å². The van der Waals surface area contributed by atoms with Crippen molar-refractivity contribution in [2.24, 2.45) is 0 Å². The molecule has 0 radical (unpaired) electrons. The zero-order valence-electron chi connectivity index (χ0n) is 15.9. The summed E-state index contributed by atoms with van der Waals surface area (Å²) in [4.78, 5) is 0. The second kappa shape index (κ2) is 10.0. The Hall–Kier alpha value is -1.94. The maximum atomic E-state index is 9.69. The van der Waals surface area contributed by atoms with Crippen LogP contribution in [0.1, 0.15) is 43.4 Å². The van der Waals surface area contributed by atoms with Crippen LogP contribution >= 0.6 is 0 Å². The maximum absolute atomic E-state index is 9.69. The van der Waals surface area contributed by atoms with Crippen LogP contribution in [0, 0.1) is 0 Å². The molecule has 0 aliphatic carbocycles. The molecule has 0 amide bonds. The van der Waals surface area contributed by atoms with E-state index in [0.717, 1.165) is 41.9 Å². The van der Waals surface area contributed by atoms with Crippen molar-refractivity contribution in [3.8, 4) is 17.2 Å². The molecule has 28 heavy (non-hydrogen) atoms. The summed E-state index contributed by atoms with van der Waals surface area (Å²) >= 11 is 0. The van der Waals surface area contributed by atoms with Gasteiger partial charge in [0.15, 0.2) is 0 Å². The van der Waals surface area contributed by atoms with Crippen LogP contribution in [-0.4, -0.2) is 46.4 Å². The van der Waals surface area contributed by atoms with Gasteiger partial charge in [0.1, 0.15) is 17.2 Å². The van der Waals surface area contributed by atoms with Gasteiger partial charge in [-0.15, -0.1) is 0 Å². The number of rotatable bonds is 7. The molecule has 3 rings (SSSR count). The molecule has 0 heterocycles. The van der Waals surface area contributed by atoms with Gasteiger partial charge in [0.05, 0.1) is 6.61 Å². The van der Waals surface area contributed by atoms with Crippen LogP contribution < -0.4 is 4.74 Å². The minimum absolute atomic E-state index is 0. The van der Waals surface area contributed by atoms with E-state index in [1.54, 1.807) is 24.3 Å². The first-order valence-electron chi connectivity index (χ1n) is 9.36. The van der Waals surface area contributed by atoms with Crippen LogP contribution in [0.4, 0.5) is 0 Å². The summed E-state index contributed by atoms with van der Waals surface area (Å²) in [5.74, 6) is 1.35. The van der Waals surface area contributed by atoms with Crippen molar-refractivity contribution >= 4 is 29.6 Å². The van der Waals surface area contributed by atoms with Crippen LogP contribution in [0.25, 0.3) is 0 Å². The van der Waals surface area contributed by atoms with E-state index in [9.17, 15) is 10.2 Å². The van der Waals surface area contributed by atoms with Gasteiger partial charge < -0.3 is 14.9 Å². The Bertz CT molecular complexity index is 810. The summed E-state index contributed by atoms with van der Waals surface area (Å²) in [5, 5.41) is 19.4. The fourth-order valence-corrected chi connectivity index (χ4v) is 3.31. The Kier molecular flexibility index (Phi) is 7.99. The summed E-state index contributed by atoms with van der Waals surface area (Å²) in [6, 6.07) is 22.7. The topological polar surface area (TPSA) is 49.7 Å². The van der Waals surface area contributed by atoms with Gasteiger partial charge in [0.2, 0.25) is 0 Å². The van der Waals surface area contributed by atoms with Crippen molar-refractivity contribution in [2.75, 3.05) is 6.61 Å². The molecule has 0 saturated carbocycles. The van der Waals surface area contributed by atoms with Gasteiger partial charge >= 0.3 is 29.6 Å². The van der Waals surface area contributed by atoms with Crippen molar-refractivity contribution in [3.05, 3.63) is 89.5 Å². The van der Waals surface area contributed by atoms with Gasteiger partial charge in [0.25, 0.3) is 0 Å². The van der Waals surface area contributed by atoms with E-state index in [1.165, 1.54) is 0 Å². The molecule has 0 unspecified atom stereocenters. The van der Waals surface area contributed by atoms with Crippen molar-refractivity contribution in [1.82, 2.24) is 0 Å². The van der Waals surface area contributed by atoms with Crippen molar-refractivity contribution in [1.29, 1.82) is 0 Å². The summed E-state index contributed by atoms with van der Waals surface area (Å²) in [6.45, 7) is 5.02. The molecule has 0 saturated heterocycles.